The lowest BCUT2D eigenvalue weighted by molar-refractivity contribution is -0.156. The summed E-state index contributed by atoms with van der Waals surface area (Å²) in [6, 6.07) is 4.89. The predicted octanol–water partition coefficient (Wildman–Crippen LogP) is 1.72. The van der Waals surface area contributed by atoms with Crippen molar-refractivity contribution in [3.05, 3.63) is 35.9 Å². The third-order valence-corrected chi connectivity index (χ3v) is 5.00. The van der Waals surface area contributed by atoms with Crippen LogP contribution >= 0.6 is 0 Å². The minimum Gasteiger partial charge on any atom is -0.504 e. The summed E-state index contributed by atoms with van der Waals surface area (Å²) < 4.78 is 5.02. The van der Waals surface area contributed by atoms with Crippen LogP contribution in [0.1, 0.15) is 31.2 Å². The molecule has 5 nitrogen and oxygen atoms in total. The Morgan fingerprint density at radius 1 is 1.32 bits per heavy atom. The van der Waals surface area contributed by atoms with E-state index in [0.717, 1.165) is 0 Å². The summed E-state index contributed by atoms with van der Waals surface area (Å²) in [5.41, 5.74) is -2.16. The number of Topliss-reactive ketones (excluding diaryl/α,β-unsaturated/α-hetero) is 1. The van der Waals surface area contributed by atoms with Crippen molar-refractivity contribution >= 4 is 11.6 Å². The molecule has 0 aromatic heterocycles. The lowest BCUT2D eigenvalue weighted by Crippen LogP contribution is -2.58. The van der Waals surface area contributed by atoms with Crippen molar-refractivity contribution in [1.29, 1.82) is 0 Å². The fourth-order valence-corrected chi connectivity index (χ4v) is 3.63. The molecule has 0 unspecified atom stereocenters. The number of ether oxygens (including phenoxy) is 1. The molecule has 2 bridgehead atoms. The molecule has 1 aromatic rings. The molecule has 0 heterocycles. The highest BCUT2D eigenvalue weighted by Crippen LogP contribution is 2.52. The molecule has 1 aromatic carbocycles. The average Bonchev–Trinajstić information content (AvgIpc) is 2.49. The smallest absolute Gasteiger partial charge is 0.182 e. The highest BCUT2D eigenvalue weighted by atomic mass is 16.5. The van der Waals surface area contributed by atoms with Gasteiger partial charge < -0.3 is 14.9 Å². The van der Waals surface area contributed by atoms with Gasteiger partial charge in [0.1, 0.15) is 5.60 Å². The van der Waals surface area contributed by atoms with Crippen LogP contribution in [0.2, 0.25) is 0 Å². The van der Waals surface area contributed by atoms with Crippen LogP contribution in [0.25, 0.3) is 0 Å². The van der Waals surface area contributed by atoms with E-state index in [1.165, 1.54) is 25.3 Å². The summed E-state index contributed by atoms with van der Waals surface area (Å²) in [7, 11) is 1.45. The summed E-state index contributed by atoms with van der Waals surface area (Å²) in [4.78, 5) is 25.0. The third kappa shape index (κ3) is 1.82. The summed E-state index contributed by atoms with van der Waals surface area (Å²) in [5.74, 6) is -0.839. The van der Waals surface area contributed by atoms with Crippen LogP contribution in [-0.2, 0) is 9.59 Å². The van der Waals surface area contributed by atoms with Crippen LogP contribution < -0.4 is 4.74 Å². The van der Waals surface area contributed by atoms with E-state index in [1.54, 1.807) is 19.1 Å². The van der Waals surface area contributed by atoms with Crippen molar-refractivity contribution < 1.29 is 24.5 Å². The molecule has 2 N–H and O–H groups in total. The SMILES string of the molecule is COc1ccc([C@@H]2CC[C@]3(O)C=CC(=O)[C@@]2(C)C3=O)cc1O. The third-order valence-electron chi connectivity index (χ3n) is 5.00. The minimum absolute atomic E-state index is 0.0318. The van der Waals surface area contributed by atoms with Crippen LogP contribution in [-0.4, -0.2) is 34.5 Å². The molecule has 0 radical (unpaired) electrons. The van der Waals surface area contributed by atoms with E-state index in [0.29, 0.717) is 17.7 Å². The zero-order valence-corrected chi connectivity index (χ0v) is 12.5. The molecule has 0 spiro atoms. The van der Waals surface area contributed by atoms with E-state index in [4.69, 9.17) is 4.74 Å². The van der Waals surface area contributed by atoms with E-state index in [1.807, 2.05) is 0 Å². The van der Waals surface area contributed by atoms with Crippen molar-refractivity contribution in [3.8, 4) is 11.5 Å². The van der Waals surface area contributed by atoms with Crippen LogP contribution in [0.4, 0.5) is 0 Å². The number of hydrogen-bond donors (Lipinski definition) is 2. The van der Waals surface area contributed by atoms with Gasteiger partial charge in [-0.3, -0.25) is 9.59 Å². The number of ketones is 2. The van der Waals surface area contributed by atoms with Gasteiger partial charge in [-0.05, 0) is 49.6 Å². The lowest BCUT2D eigenvalue weighted by atomic mass is 9.55. The first kappa shape index (κ1) is 14.8. The number of fused-ring (bicyclic) bond motifs is 2. The second-order valence-corrected chi connectivity index (χ2v) is 6.18. The van der Waals surface area contributed by atoms with Gasteiger partial charge in [0, 0.05) is 5.92 Å². The van der Waals surface area contributed by atoms with Gasteiger partial charge >= 0.3 is 0 Å². The second-order valence-electron chi connectivity index (χ2n) is 6.18. The Morgan fingerprint density at radius 3 is 2.68 bits per heavy atom. The number of methoxy groups -OCH3 is 1. The molecule has 1 fully saturated rings. The Hall–Kier alpha value is -2.14. The Labute approximate surface area is 128 Å². The molecule has 2 aliphatic carbocycles. The first-order valence-corrected chi connectivity index (χ1v) is 7.21. The largest absolute Gasteiger partial charge is 0.504 e. The fourth-order valence-electron chi connectivity index (χ4n) is 3.63. The van der Waals surface area contributed by atoms with Crippen molar-refractivity contribution in [2.45, 2.75) is 31.3 Å². The highest BCUT2D eigenvalue weighted by molar-refractivity contribution is 6.18. The van der Waals surface area contributed by atoms with Gasteiger partial charge in [-0.15, -0.1) is 0 Å². The van der Waals surface area contributed by atoms with Crippen molar-refractivity contribution in [2.24, 2.45) is 5.41 Å². The first-order chi connectivity index (χ1) is 10.3. The Bertz CT molecular complexity index is 692. The van der Waals surface area contributed by atoms with Gasteiger partial charge in [-0.25, -0.2) is 0 Å². The Kier molecular flexibility index (Phi) is 3.14. The molecule has 0 amide bonds. The van der Waals surface area contributed by atoms with E-state index in [-0.39, 0.29) is 23.9 Å². The van der Waals surface area contributed by atoms with Gasteiger partial charge in [0.05, 0.1) is 12.5 Å². The first-order valence-electron chi connectivity index (χ1n) is 7.21. The van der Waals surface area contributed by atoms with E-state index >= 15 is 0 Å². The molecule has 0 aliphatic heterocycles. The predicted molar refractivity (Wildman–Crippen MR) is 78.8 cm³/mol. The number of phenols is 1. The number of rotatable bonds is 2. The average molecular weight is 302 g/mol. The molecule has 3 atom stereocenters. The van der Waals surface area contributed by atoms with Crippen molar-refractivity contribution in [2.75, 3.05) is 7.11 Å². The van der Waals surface area contributed by atoms with Gasteiger partial charge in [0.2, 0.25) is 0 Å². The number of aliphatic hydroxyl groups is 1. The maximum atomic E-state index is 12.6. The summed E-state index contributed by atoms with van der Waals surface area (Å²) in [5, 5.41) is 20.4. The molecule has 22 heavy (non-hydrogen) atoms. The fraction of sp³-hybridized carbons (Fsp3) is 0.412. The van der Waals surface area contributed by atoms with Gasteiger partial charge in [0.15, 0.2) is 23.1 Å². The van der Waals surface area contributed by atoms with Crippen molar-refractivity contribution in [1.82, 2.24) is 0 Å². The summed E-state index contributed by atoms with van der Waals surface area (Å²) >= 11 is 0. The standard InChI is InChI=1S/C17H18O5/c1-16-11(10-3-4-13(22-2)12(18)9-10)5-7-17(21,15(16)20)8-6-14(16)19/h3-4,6,8-9,11,18,21H,5,7H2,1-2H3/t11-,16-,17-/m0/s1. The minimum atomic E-state index is -1.55. The molecule has 3 rings (SSSR count). The monoisotopic (exact) mass is 302 g/mol. The topological polar surface area (TPSA) is 83.8 Å². The normalized spacial score (nSPS) is 33.9. The van der Waals surface area contributed by atoms with Crippen LogP contribution in [0, 0.1) is 5.41 Å². The zero-order valence-electron chi connectivity index (χ0n) is 12.5. The summed E-state index contributed by atoms with van der Waals surface area (Å²) in [6.07, 6.45) is 3.36. The van der Waals surface area contributed by atoms with Crippen LogP contribution in [0.3, 0.4) is 0 Å². The zero-order chi connectivity index (χ0) is 16.1. The highest BCUT2D eigenvalue weighted by Gasteiger charge is 2.59. The number of carbonyl (C=O) groups excluding carboxylic acids is 2. The van der Waals surface area contributed by atoms with Gasteiger partial charge in [-0.2, -0.15) is 0 Å². The van der Waals surface area contributed by atoms with Crippen LogP contribution in [0.15, 0.2) is 30.4 Å². The number of hydrogen-bond acceptors (Lipinski definition) is 5. The molecule has 0 saturated heterocycles. The van der Waals surface area contributed by atoms with Crippen molar-refractivity contribution in [3.63, 3.8) is 0 Å². The number of carbonyl (C=O) groups is 2. The molecule has 2 aliphatic rings. The molecule has 116 valence electrons. The van der Waals surface area contributed by atoms with Crippen LogP contribution in [0.5, 0.6) is 11.5 Å². The Morgan fingerprint density at radius 2 is 2.05 bits per heavy atom. The maximum absolute atomic E-state index is 12.6. The molecule has 5 heteroatoms. The van der Waals surface area contributed by atoms with E-state index < -0.39 is 16.8 Å². The van der Waals surface area contributed by atoms with Gasteiger partial charge in [0.25, 0.3) is 0 Å². The van der Waals surface area contributed by atoms with Gasteiger partial charge in [-0.1, -0.05) is 6.07 Å². The number of phenolic OH excluding ortho intramolecular Hbond substituents is 1. The molecular formula is C17H18O5. The summed E-state index contributed by atoms with van der Waals surface area (Å²) in [6.45, 7) is 1.58. The molecular weight excluding hydrogens is 284 g/mol. The molecule has 1 saturated carbocycles. The lowest BCUT2D eigenvalue weighted by Gasteiger charge is -2.47. The Balaban J connectivity index is 2.09. The van der Waals surface area contributed by atoms with E-state index in [2.05, 4.69) is 0 Å². The number of allylic oxidation sites excluding steroid dienone is 1. The second kappa shape index (κ2) is 4.68. The number of benzene rings is 1. The maximum Gasteiger partial charge on any atom is 0.182 e. The number of aromatic hydroxyl groups is 1. The van der Waals surface area contributed by atoms with E-state index in [9.17, 15) is 19.8 Å². The quantitative estimate of drug-likeness (QED) is 0.813.